The monoisotopic (exact) mass is 1510 g/mol. The number of para-hydroxylation sites is 8. The minimum absolute atomic E-state index is 0.632. The van der Waals surface area contributed by atoms with Crippen molar-refractivity contribution in [1.29, 1.82) is 0 Å². The first-order chi connectivity index (χ1) is 56.0. The number of H-pyrrole nitrogens is 1. The number of fused-ring (bicyclic) bond motifs is 6. The van der Waals surface area contributed by atoms with Gasteiger partial charge in [0.15, 0.2) is 34.9 Å². The van der Waals surface area contributed by atoms with Crippen LogP contribution < -0.4 is 9.80 Å². The second-order valence-electron chi connectivity index (χ2n) is 27.2. The molecule has 11 heteroatoms. The SMILES string of the molecule is Brc1ccc(-c2nc(-c3ccccc3)nc(-c3ccccc3)n2)cc1.c1ccc(-c2nc(-c3ccccc3)nc(-c3ccc(-n4c5ccccc5c5cccc(-c6ccc(N(c7ccccc7)c7ccccc7)cc6)c54)cc3)n2)cc1.c1ccc(N(c2ccccc2)c2ccc(-c3cccc4c3[nH]c3ccccc34)cc2)cc1. The van der Waals surface area contributed by atoms with Gasteiger partial charge in [-0.15, -0.1) is 0 Å². The molecular weight excluding hydrogens is 1450 g/mol. The number of benzene rings is 16. The van der Waals surface area contributed by atoms with Gasteiger partial charge in [0, 0.05) is 116 Å². The Labute approximate surface area is 663 Å². The van der Waals surface area contributed by atoms with Gasteiger partial charge in [0.25, 0.3) is 0 Å². The highest BCUT2D eigenvalue weighted by Crippen LogP contribution is 2.43. The van der Waals surface area contributed by atoms with Crippen molar-refractivity contribution in [3.8, 4) is 96.3 Å². The normalized spacial score (nSPS) is 11.1. The Bertz CT molecular complexity index is 6430. The maximum Gasteiger partial charge on any atom is 0.164 e. The Morgan fingerprint density at radius 2 is 0.513 bits per heavy atom. The molecule has 536 valence electrons. The van der Waals surface area contributed by atoms with Crippen LogP contribution in [-0.4, -0.2) is 39.5 Å². The second kappa shape index (κ2) is 32.2. The summed E-state index contributed by atoms with van der Waals surface area (Å²) >= 11 is 3.47. The molecule has 20 aromatic rings. The molecule has 0 unspecified atom stereocenters. The molecule has 0 saturated heterocycles. The van der Waals surface area contributed by atoms with Crippen LogP contribution in [0.15, 0.2) is 429 Å². The van der Waals surface area contributed by atoms with Gasteiger partial charge in [0.05, 0.1) is 16.6 Å². The lowest BCUT2D eigenvalue weighted by Gasteiger charge is -2.25. The number of nitrogens with zero attached hydrogens (tertiary/aromatic N) is 9. The average molecular weight is 1520 g/mol. The van der Waals surface area contributed by atoms with Crippen LogP contribution >= 0.6 is 15.9 Å². The summed E-state index contributed by atoms with van der Waals surface area (Å²) in [4.78, 5) is 37.1. The third-order valence-corrected chi connectivity index (χ3v) is 20.6. The lowest BCUT2D eigenvalue weighted by molar-refractivity contribution is 1.07. The molecule has 0 fully saturated rings. The number of hydrogen-bond donors (Lipinski definition) is 1. The van der Waals surface area contributed by atoms with Crippen LogP contribution in [0.5, 0.6) is 0 Å². The highest BCUT2D eigenvalue weighted by Gasteiger charge is 2.21. The van der Waals surface area contributed by atoms with Crippen LogP contribution in [0.1, 0.15) is 0 Å². The number of anilines is 6. The first kappa shape index (κ1) is 69.9. The van der Waals surface area contributed by atoms with Crippen molar-refractivity contribution in [2.24, 2.45) is 0 Å². The van der Waals surface area contributed by atoms with Crippen molar-refractivity contribution in [1.82, 2.24) is 39.5 Å². The first-order valence-electron chi connectivity index (χ1n) is 37.6. The van der Waals surface area contributed by atoms with Gasteiger partial charge in [-0.1, -0.05) is 319 Å². The standard InChI is InChI=1S/C51H35N5.C30H22N2.C21H14BrN3/c1-5-16-37(17-6-1)49-52-50(38-18-7-2-8-19-38)54-51(53-49)39-30-34-43(35-31-39)56-47-27-14-13-24-45(47)46-26-15-25-44(48(46)56)36-28-32-42(33-29-36)55(40-20-9-3-10-21-40)41-22-11-4-12-23-41;1-3-10-23(11-4-1)32(24-12-5-2-6-13-24)25-20-18-22(19-21-25)26-15-9-16-28-27-14-7-8-17-29(27)31-30(26)28;22-18-13-11-17(12-14-18)21-24-19(15-7-3-1-4-8-15)23-20(25-21)16-9-5-2-6-10-16/h1-35H;1-21,31H;1-14H. The molecule has 0 aliphatic rings. The van der Waals surface area contributed by atoms with E-state index in [1.54, 1.807) is 0 Å². The van der Waals surface area contributed by atoms with E-state index in [-0.39, 0.29) is 0 Å². The van der Waals surface area contributed by atoms with Gasteiger partial charge in [-0.05, 0) is 132 Å². The molecule has 0 radical (unpaired) electrons. The average Bonchev–Trinajstić information content (AvgIpc) is 1.58. The number of nitrogens with one attached hydrogen (secondary N) is 1. The van der Waals surface area contributed by atoms with Crippen molar-refractivity contribution in [3.05, 3.63) is 429 Å². The van der Waals surface area contributed by atoms with Crippen LogP contribution in [0.3, 0.4) is 0 Å². The predicted molar refractivity (Wildman–Crippen MR) is 470 cm³/mol. The molecule has 20 rings (SSSR count). The van der Waals surface area contributed by atoms with E-state index < -0.39 is 0 Å². The summed E-state index contributed by atoms with van der Waals surface area (Å²) < 4.78 is 3.41. The van der Waals surface area contributed by atoms with Crippen LogP contribution in [0.25, 0.3) is 140 Å². The number of halogens is 1. The highest BCUT2D eigenvalue weighted by molar-refractivity contribution is 9.10. The Hall–Kier alpha value is -14.8. The van der Waals surface area contributed by atoms with Crippen molar-refractivity contribution in [3.63, 3.8) is 0 Å². The van der Waals surface area contributed by atoms with Gasteiger partial charge < -0.3 is 19.4 Å². The van der Waals surface area contributed by atoms with Crippen molar-refractivity contribution in [2.75, 3.05) is 9.80 Å². The quantitative estimate of drug-likeness (QED) is 0.108. The summed E-state index contributed by atoms with van der Waals surface area (Å²) in [6.45, 7) is 0. The highest BCUT2D eigenvalue weighted by atomic mass is 79.9. The molecule has 4 aromatic heterocycles. The van der Waals surface area contributed by atoms with Crippen molar-refractivity contribution in [2.45, 2.75) is 0 Å². The summed E-state index contributed by atoms with van der Waals surface area (Å²) in [6, 6.07) is 147. The molecule has 0 spiro atoms. The summed E-state index contributed by atoms with van der Waals surface area (Å²) in [5.41, 5.74) is 22.9. The molecule has 0 atom stereocenters. The van der Waals surface area contributed by atoms with Crippen molar-refractivity contribution >= 4 is 93.7 Å². The van der Waals surface area contributed by atoms with E-state index in [4.69, 9.17) is 24.9 Å². The predicted octanol–water partition coefficient (Wildman–Crippen LogP) is 27.2. The fourth-order valence-electron chi connectivity index (χ4n) is 14.7. The smallest absolute Gasteiger partial charge is 0.164 e. The molecule has 0 amide bonds. The van der Waals surface area contributed by atoms with Crippen LogP contribution in [-0.2, 0) is 0 Å². The largest absolute Gasteiger partial charge is 0.354 e. The molecule has 10 nitrogen and oxygen atoms in total. The maximum atomic E-state index is 4.97. The Balaban J connectivity index is 0.000000131. The lowest BCUT2D eigenvalue weighted by atomic mass is 10.0. The summed E-state index contributed by atoms with van der Waals surface area (Å²) in [5, 5.41) is 4.94. The van der Waals surface area contributed by atoms with E-state index in [0.29, 0.717) is 34.9 Å². The van der Waals surface area contributed by atoms with E-state index >= 15 is 0 Å². The number of rotatable bonds is 15. The molecule has 0 aliphatic carbocycles. The summed E-state index contributed by atoms with van der Waals surface area (Å²) in [6.07, 6.45) is 0. The summed E-state index contributed by atoms with van der Waals surface area (Å²) in [5.74, 6) is 3.94. The lowest BCUT2D eigenvalue weighted by Crippen LogP contribution is -2.09. The fourth-order valence-corrected chi connectivity index (χ4v) is 14.9. The van der Waals surface area contributed by atoms with Gasteiger partial charge >= 0.3 is 0 Å². The van der Waals surface area contributed by atoms with Gasteiger partial charge in [-0.3, -0.25) is 0 Å². The molecule has 0 bridgehead atoms. The Kier molecular flexibility index (Phi) is 19.9. The van der Waals surface area contributed by atoms with Crippen LogP contribution in [0.4, 0.5) is 34.1 Å². The Morgan fingerprint density at radius 1 is 0.221 bits per heavy atom. The second-order valence-corrected chi connectivity index (χ2v) is 28.1. The van der Waals surface area contributed by atoms with E-state index in [0.717, 1.165) is 99.8 Å². The van der Waals surface area contributed by atoms with Gasteiger partial charge in [0.2, 0.25) is 0 Å². The van der Waals surface area contributed by atoms with E-state index in [1.807, 2.05) is 146 Å². The zero-order chi connectivity index (χ0) is 75.7. The molecule has 0 saturated carbocycles. The van der Waals surface area contributed by atoms with Gasteiger partial charge in [-0.2, -0.15) is 0 Å². The van der Waals surface area contributed by atoms with Crippen LogP contribution in [0.2, 0.25) is 0 Å². The molecule has 4 heterocycles. The summed E-state index contributed by atoms with van der Waals surface area (Å²) in [7, 11) is 0. The molecule has 0 aliphatic heterocycles. The van der Waals surface area contributed by atoms with Crippen molar-refractivity contribution < 1.29 is 0 Å². The molecular formula is C102H71BrN10. The molecule has 16 aromatic carbocycles. The first-order valence-corrected chi connectivity index (χ1v) is 38.4. The zero-order valence-electron chi connectivity index (χ0n) is 61.3. The van der Waals surface area contributed by atoms with Gasteiger partial charge in [0.1, 0.15) is 0 Å². The minimum Gasteiger partial charge on any atom is -0.354 e. The van der Waals surface area contributed by atoms with E-state index in [1.165, 1.54) is 43.7 Å². The minimum atomic E-state index is 0.632. The Morgan fingerprint density at radius 3 is 0.920 bits per heavy atom. The third-order valence-electron chi connectivity index (χ3n) is 20.1. The number of aromatic nitrogens is 8. The maximum absolute atomic E-state index is 4.97. The topological polar surface area (TPSA) is 105 Å². The van der Waals surface area contributed by atoms with Gasteiger partial charge in [-0.25, -0.2) is 29.9 Å². The van der Waals surface area contributed by atoms with Crippen LogP contribution in [0, 0.1) is 0 Å². The molecule has 113 heavy (non-hydrogen) atoms. The zero-order valence-corrected chi connectivity index (χ0v) is 62.9. The molecule has 1 N–H and O–H groups in total. The van der Waals surface area contributed by atoms with E-state index in [9.17, 15) is 0 Å². The van der Waals surface area contributed by atoms with E-state index in [2.05, 4.69) is 319 Å². The third kappa shape index (κ3) is 14.9. The fraction of sp³-hybridized carbons (Fsp3) is 0. The number of aromatic amines is 1. The number of hydrogen-bond acceptors (Lipinski definition) is 8.